The Morgan fingerprint density at radius 3 is 2.45 bits per heavy atom. The van der Waals surface area contributed by atoms with Gasteiger partial charge in [-0.1, -0.05) is 18.2 Å². The fourth-order valence-electron chi connectivity index (χ4n) is 2.69. The van der Waals surface area contributed by atoms with Crippen molar-refractivity contribution < 1.29 is 14.3 Å². The fraction of sp³-hybridized carbons (Fsp3) is 0.167. The van der Waals surface area contributed by atoms with Crippen LogP contribution < -0.4 is 9.47 Å². The van der Waals surface area contributed by atoms with Gasteiger partial charge < -0.3 is 14.5 Å². The number of aryl methyl sites for hydroxylation is 1. The van der Waals surface area contributed by atoms with Crippen LogP contribution in [-0.4, -0.2) is 25.0 Å². The lowest BCUT2D eigenvalue weighted by molar-refractivity contribution is 0.103. The largest absolute Gasteiger partial charge is 0.493 e. The second-order valence-corrected chi connectivity index (χ2v) is 5.07. The number of aromatic nitrogens is 1. The summed E-state index contributed by atoms with van der Waals surface area (Å²) in [6.45, 7) is 1.91. The molecule has 1 N–H and O–H groups in total. The van der Waals surface area contributed by atoms with Gasteiger partial charge in [-0.25, -0.2) is 0 Å². The van der Waals surface area contributed by atoms with Gasteiger partial charge in [0.05, 0.1) is 19.8 Å². The van der Waals surface area contributed by atoms with E-state index in [0.717, 1.165) is 16.6 Å². The first-order valence-corrected chi connectivity index (χ1v) is 6.99. The molecule has 3 rings (SSSR count). The molecule has 4 heteroatoms. The van der Waals surface area contributed by atoms with E-state index < -0.39 is 0 Å². The second kappa shape index (κ2) is 5.56. The number of rotatable bonds is 4. The number of fused-ring (bicyclic) bond motifs is 1. The van der Waals surface area contributed by atoms with Crippen LogP contribution in [0.3, 0.4) is 0 Å². The van der Waals surface area contributed by atoms with Crippen molar-refractivity contribution in [2.45, 2.75) is 6.92 Å². The summed E-state index contributed by atoms with van der Waals surface area (Å²) in [6, 6.07) is 13.0. The standard InChI is InChI=1S/C18H17NO3/c1-11-17(13-6-4-5-7-14(13)19-11)18(20)12-8-9-15(21-2)16(10-12)22-3/h4-10,19H,1-3H3. The Kier molecular flexibility index (Phi) is 3.59. The fourth-order valence-corrected chi connectivity index (χ4v) is 2.69. The van der Waals surface area contributed by atoms with E-state index in [1.807, 2.05) is 31.2 Å². The zero-order valence-corrected chi connectivity index (χ0v) is 12.8. The summed E-state index contributed by atoms with van der Waals surface area (Å²) in [5, 5.41) is 0.930. The minimum atomic E-state index is -0.0316. The van der Waals surface area contributed by atoms with Gasteiger partial charge in [-0.2, -0.15) is 0 Å². The minimum Gasteiger partial charge on any atom is -0.493 e. The molecule has 112 valence electrons. The molecule has 0 saturated heterocycles. The number of benzene rings is 2. The van der Waals surface area contributed by atoms with E-state index in [-0.39, 0.29) is 5.78 Å². The first kappa shape index (κ1) is 14.2. The van der Waals surface area contributed by atoms with Crippen LogP contribution in [0.4, 0.5) is 0 Å². The number of hydrogen-bond acceptors (Lipinski definition) is 3. The van der Waals surface area contributed by atoms with Gasteiger partial charge in [-0.3, -0.25) is 4.79 Å². The predicted octanol–water partition coefficient (Wildman–Crippen LogP) is 3.72. The van der Waals surface area contributed by atoms with Crippen molar-refractivity contribution in [3.63, 3.8) is 0 Å². The Morgan fingerprint density at radius 2 is 1.73 bits per heavy atom. The van der Waals surface area contributed by atoms with Gasteiger partial charge in [0.1, 0.15) is 0 Å². The summed E-state index contributed by atoms with van der Waals surface area (Å²) in [6.07, 6.45) is 0. The van der Waals surface area contributed by atoms with Crippen molar-refractivity contribution in [3.8, 4) is 11.5 Å². The van der Waals surface area contributed by atoms with Crippen molar-refractivity contribution in [3.05, 3.63) is 59.3 Å². The lowest BCUT2D eigenvalue weighted by Crippen LogP contribution is -2.03. The van der Waals surface area contributed by atoms with Gasteiger partial charge >= 0.3 is 0 Å². The molecule has 0 bridgehead atoms. The number of carbonyl (C=O) groups excluding carboxylic acids is 1. The molecule has 0 saturated carbocycles. The quantitative estimate of drug-likeness (QED) is 0.746. The maximum absolute atomic E-state index is 12.9. The van der Waals surface area contributed by atoms with Crippen LogP contribution in [0.5, 0.6) is 11.5 Å². The third-order valence-electron chi connectivity index (χ3n) is 3.77. The van der Waals surface area contributed by atoms with E-state index in [1.54, 1.807) is 32.4 Å². The third-order valence-corrected chi connectivity index (χ3v) is 3.77. The number of hydrogen-bond donors (Lipinski definition) is 1. The van der Waals surface area contributed by atoms with Gasteiger partial charge in [-0.15, -0.1) is 0 Å². The molecule has 4 nitrogen and oxygen atoms in total. The predicted molar refractivity (Wildman–Crippen MR) is 86.0 cm³/mol. The molecule has 0 radical (unpaired) electrons. The monoisotopic (exact) mass is 295 g/mol. The Morgan fingerprint density at radius 1 is 1.00 bits per heavy atom. The first-order valence-electron chi connectivity index (χ1n) is 6.99. The van der Waals surface area contributed by atoms with Gasteiger partial charge in [-0.05, 0) is 31.2 Å². The first-order chi connectivity index (χ1) is 10.7. The lowest BCUT2D eigenvalue weighted by Gasteiger charge is -2.09. The number of ketones is 1. The van der Waals surface area contributed by atoms with Crippen LogP contribution in [0.1, 0.15) is 21.6 Å². The molecule has 0 aliphatic rings. The number of aromatic amines is 1. The van der Waals surface area contributed by atoms with E-state index in [1.165, 1.54) is 0 Å². The Balaban J connectivity index is 2.12. The maximum Gasteiger partial charge on any atom is 0.195 e. The van der Waals surface area contributed by atoms with E-state index >= 15 is 0 Å². The van der Waals surface area contributed by atoms with Gasteiger partial charge in [0.25, 0.3) is 0 Å². The smallest absolute Gasteiger partial charge is 0.195 e. The number of para-hydroxylation sites is 1. The molecular weight excluding hydrogens is 278 g/mol. The lowest BCUT2D eigenvalue weighted by atomic mass is 10.00. The highest BCUT2D eigenvalue weighted by Crippen LogP contribution is 2.30. The number of ether oxygens (including phenoxy) is 2. The molecule has 0 unspecified atom stereocenters. The van der Waals surface area contributed by atoms with Crippen molar-refractivity contribution in [1.29, 1.82) is 0 Å². The summed E-state index contributed by atoms with van der Waals surface area (Å²) >= 11 is 0. The highest BCUT2D eigenvalue weighted by atomic mass is 16.5. The maximum atomic E-state index is 12.9. The van der Waals surface area contributed by atoms with Crippen LogP contribution >= 0.6 is 0 Å². The van der Waals surface area contributed by atoms with E-state index in [9.17, 15) is 4.79 Å². The number of nitrogens with one attached hydrogen (secondary N) is 1. The Hall–Kier alpha value is -2.75. The molecule has 0 fully saturated rings. The normalized spacial score (nSPS) is 10.7. The topological polar surface area (TPSA) is 51.3 Å². The molecule has 1 heterocycles. The van der Waals surface area contributed by atoms with Crippen LogP contribution in [-0.2, 0) is 0 Å². The highest BCUT2D eigenvalue weighted by molar-refractivity contribution is 6.17. The van der Waals surface area contributed by atoms with Crippen molar-refractivity contribution in [2.24, 2.45) is 0 Å². The van der Waals surface area contributed by atoms with E-state index in [2.05, 4.69) is 4.98 Å². The van der Waals surface area contributed by atoms with Crippen LogP contribution in [0.2, 0.25) is 0 Å². The number of H-pyrrole nitrogens is 1. The average molecular weight is 295 g/mol. The minimum absolute atomic E-state index is 0.0316. The molecule has 3 aromatic rings. The summed E-state index contributed by atoms with van der Waals surface area (Å²) in [5.74, 6) is 1.12. The molecular formula is C18H17NO3. The molecule has 0 aliphatic carbocycles. The molecule has 2 aromatic carbocycles. The summed E-state index contributed by atoms with van der Waals surface area (Å²) in [7, 11) is 3.13. The number of carbonyl (C=O) groups is 1. The van der Waals surface area contributed by atoms with Crippen LogP contribution in [0, 0.1) is 6.92 Å². The second-order valence-electron chi connectivity index (χ2n) is 5.07. The van der Waals surface area contributed by atoms with Crippen molar-refractivity contribution >= 4 is 16.7 Å². The molecule has 0 amide bonds. The van der Waals surface area contributed by atoms with Crippen LogP contribution in [0.25, 0.3) is 10.9 Å². The highest BCUT2D eigenvalue weighted by Gasteiger charge is 2.19. The van der Waals surface area contributed by atoms with Crippen LogP contribution in [0.15, 0.2) is 42.5 Å². The summed E-state index contributed by atoms with van der Waals surface area (Å²) < 4.78 is 10.5. The van der Waals surface area contributed by atoms with Gasteiger partial charge in [0.15, 0.2) is 17.3 Å². The van der Waals surface area contributed by atoms with Crippen molar-refractivity contribution in [2.75, 3.05) is 14.2 Å². The average Bonchev–Trinajstić information content (AvgIpc) is 2.89. The zero-order valence-electron chi connectivity index (χ0n) is 12.8. The van der Waals surface area contributed by atoms with Gasteiger partial charge in [0, 0.05) is 22.2 Å². The summed E-state index contributed by atoms with van der Waals surface area (Å²) in [5.41, 5.74) is 3.10. The summed E-state index contributed by atoms with van der Waals surface area (Å²) in [4.78, 5) is 16.1. The Bertz CT molecular complexity index is 849. The molecule has 22 heavy (non-hydrogen) atoms. The van der Waals surface area contributed by atoms with E-state index in [0.29, 0.717) is 22.6 Å². The van der Waals surface area contributed by atoms with Crippen molar-refractivity contribution in [1.82, 2.24) is 4.98 Å². The number of methoxy groups -OCH3 is 2. The Labute approximate surface area is 128 Å². The zero-order chi connectivity index (χ0) is 15.7. The molecule has 0 atom stereocenters. The molecule has 0 spiro atoms. The SMILES string of the molecule is COc1ccc(C(=O)c2c(C)[nH]c3ccccc23)cc1OC. The third kappa shape index (κ3) is 2.22. The van der Waals surface area contributed by atoms with Gasteiger partial charge in [0.2, 0.25) is 0 Å². The molecule has 0 aliphatic heterocycles. The molecule has 1 aromatic heterocycles. The van der Waals surface area contributed by atoms with E-state index in [4.69, 9.17) is 9.47 Å².